The molecule has 0 bridgehead atoms. The lowest BCUT2D eigenvalue weighted by molar-refractivity contribution is 0.305. The molecule has 3 aromatic rings. The second-order valence-corrected chi connectivity index (χ2v) is 10.2. The summed E-state index contributed by atoms with van der Waals surface area (Å²) in [6.45, 7) is 7.49. The maximum absolute atomic E-state index is 13.8. The number of nitrogens with zero attached hydrogens (tertiary/aromatic N) is 1. The molecule has 5 heteroatoms. The maximum atomic E-state index is 13.8. The van der Waals surface area contributed by atoms with Gasteiger partial charge in [0.1, 0.15) is 5.75 Å². The third-order valence-corrected chi connectivity index (χ3v) is 7.19. The number of hydrogen-bond acceptors (Lipinski definition) is 3. The lowest BCUT2D eigenvalue weighted by Gasteiger charge is -2.24. The summed E-state index contributed by atoms with van der Waals surface area (Å²) in [6, 6.07) is 24.7. The number of sulfonamides is 1. The van der Waals surface area contributed by atoms with Gasteiger partial charge in [0.15, 0.2) is 0 Å². The normalized spacial score (nSPS) is 11.8. The van der Waals surface area contributed by atoms with E-state index in [1.54, 1.807) is 22.5 Å². The number of ether oxygens (including phenoxy) is 1. The van der Waals surface area contributed by atoms with E-state index in [0.29, 0.717) is 24.6 Å². The number of rotatable bonds is 11. The lowest BCUT2D eigenvalue weighted by Crippen LogP contribution is -2.30. The Morgan fingerprint density at radius 2 is 1.41 bits per heavy atom. The Hall–Kier alpha value is -2.63. The van der Waals surface area contributed by atoms with Crippen LogP contribution >= 0.6 is 0 Å². The van der Waals surface area contributed by atoms with E-state index in [9.17, 15) is 8.42 Å². The largest absolute Gasteiger partial charge is 0.493 e. The van der Waals surface area contributed by atoms with Crippen molar-refractivity contribution in [3.63, 3.8) is 0 Å². The molecule has 0 unspecified atom stereocenters. The predicted molar refractivity (Wildman–Crippen MR) is 130 cm³/mol. The molecule has 0 spiro atoms. The van der Waals surface area contributed by atoms with E-state index in [-0.39, 0.29) is 5.92 Å². The SMILES string of the molecule is CCCCOc1ccc(S(=O)(=O)N(Cc2ccccc2)Cc2ccccc2)cc1C(C)C. The summed E-state index contributed by atoms with van der Waals surface area (Å²) < 4.78 is 35.0. The average Bonchev–Trinajstić information content (AvgIpc) is 2.80. The van der Waals surface area contributed by atoms with Crippen LogP contribution in [-0.4, -0.2) is 19.3 Å². The smallest absolute Gasteiger partial charge is 0.243 e. The summed E-state index contributed by atoms with van der Waals surface area (Å²) in [7, 11) is -3.72. The van der Waals surface area contributed by atoms with Gasteiger partial charge in [-0.2, -0.15) is 4.31 Å². The highest BCUT2D eigenvalue weighted by Gasteiger charge is 2.26. The van der Waals surface area contributed by atoms with E-state index in [1.165, 1.54) is 0 Å². The molecular weight excluding hydrogens is 418 g/mol. The molecule has 0 aliphatic rings. The van der Waals surface area contributed by atoms with E-state index in [4.69, 9.17) is 4.74 Å². The Morgan fingerprint density at radius 3 is 1.91 bits per heavy atom. The molecule has 170 valence electrons. The van der Waals surface area contributed by atoms with Gasteiger partial charge in [0.05, 0.1) is 11.5 Å². The first-order valence-electron chi connectivity index (χ1n) is 11.3. The number of hydrogen-bond donors (Lipinski definition) is 0. The molecule has 0 saturated carbocycles. The van der Waals surface area contributed by atoms with Crippen LogP contribution in [-0.2, 0) is 23.1 Å². The summed E-state index contributed by atoms with van der Waals surface area (Å²) in [4.78, 5) is 0.302. The minimum absolute atomic E-state index is 0.151. The summed E-state index contributed by atoms with van der Waals surface area (Å²) in [5, 5.41) is 0. The average molecular weight is 452 g/mol. The van der Waals surface area contributed by atoms with Crippen molar-refractivity contribution in [2.75, 3.05) is 6.61 Å². The molecule has 4 nitrogen and oxygen atoms in total. The highest BCUT2D eigenvalue weighted by molar-refractivity contribution is 7.89. The molecule has 0 saturated heterocycles. The first-order chi connectivity index (χ1) is 15.4. The van der Waals surface area contributed by atoms with E-state index < -0.39 is 10.0 Å². The third kappa shape index (κ3) is 6.21. The third-order valence-electron chi connectivity index (χ3n) is 5.40. The van der Waals surface area contributed by atoms with E-state index in [1.807, 2.05) is 60.7 Å². The molecule has 3 aromatic carbocycles. The standard InChI is InChI=1S/C27H33NO3S/c1-4-5-18-31-27-17-16-25(19-26(27)22(2)3)32(29,30)28(20-23-12-8-6-9-13-23)21-24-14-10-7-11-15-24/h6-17,19,22H,4-5,18,20-21H2,1-3H3. The van der Waals surface area contributed by atoms with Gasteiger partial charge in [-0.1, -0.05) is 87.9 Å². The predicted octanol–water partition coefficient (Wildman–Crippen LogP) is 6.38. The minimum Gasteiger partial charge on any atom is -0.493 e. The van der Waals surface area contributed by atoms with Gasteiger partial charge in [-0.25, -0.2) is 8.42 Å². The Bertz CT molecular complexity index is 1040. The van der Waals surface area contributed by atoms with Crippen molar-refractivity contribution in [1.29, 1.82) is 0 Å². The van der Waals surface area contributed by atoms with Gasteiger partial charge in [-0.3, -0.25) is 0 Å². The maximum Gasteiger partial charge on any atom is 0.243 e. The van der Waals surface area contributed by atoms with Crippen molar-refractivity contribution in [2.45, 2.75) is 57.5 Å². The minimum atomic E-state index is -3.72. The highest BCUT2D eigenvalue weighted by atomic mass is 32.2. The summed E-state index contributed by atoms with van der Waals surface area (Å²) >= 11 is 0. The van der Waals surface area contributed by atoms with Gasteiger partial charge in [-0.15, -0.1) is 0 Å². The van der Waals surface area contributed by atoms with Crippen molar-refractivity contribution in [3.8, 4) is 5.75 Å². The molecule has 3 rings (SSSR count). The van der Waals surface area contributed by atoms with Crippen LogP contribution in [0, 0.1) is 0 Å². The lowest BCUT2D eigenvalue weighted by atomic mass is 10.0. The van der Waals surface area contributed by atoms with Gasteiger partial charge in [-0.05, 0) is 47.2 Å². The zero-order valence-corrected chi connectivity index (χ0v) is 20.0. The molecule has 0 aliphatic carbocycles. The summed E-state index contributed by atoms with van der Waals surface area (Å²) in [6.07, 6.45) is 2.02. The van der Waals surface area contributed by atoms with Crippen molar-refractivity contribution in [3.05, 3.63) is 95.6 Å². The van der Waals surface area contributed by atoms with Crippen LogP contribution in [0.15, 0.2) is 83.8 Å². The van der Waals surface area contributed by atoms with Crippen LogP contribution in [0.5, 0.6) is 5.75 Å². The fraction of sp³-hybridized carbons (Fsp3) is 0.333. The molecule has 0 amide bonds. The van der Waals surface area contributed by atoms with Crippen molar-refractivity contribution in [1.82, 2.24) is 4.31 Å². The molecule has 0 atom stereocenters. The van der Waals surface area contributed by atoms with Crippen LogP contribution in [0.2, 0.25) is 0 Å². The second-order valence-electron chi connectivity index (χ2n) is 8.30. The molecule has 0 heterocycles. The van der Waals surface area contributed by atoms with Gasteiger partial charge >= 0.3 is 0 Å². The van der Waals surface area contributed by atoms with Crippen molar-refractivity contribution >= 4 is 10.0 Å². The van der Waals surface area contributed by atoms with Crippen LogP contribution < -0.4 is 4.74 Å². The van der Waals surface area contributed by atoms with E-state index in [0.717, 1.165) is 35.3 Å². The van der Waals surface area contributed by atoms with Crippen LogP contribution in [0.3, 0.4) is 0 Å². The quantitative estimate of drug-likeness (QED) is 0.318. The van der Waals surface area contributed by atoms with Gasteiger partial charge in [0.2, 0.25) is 10.0 Å². The van der Waals surface area contributed by atoms with Crippen LogP contribution in [0.4, 0.5) is 0 Å². The number of unbranched alkanes of at least 4 members (excludes halogenated alkanes) is 1. The monoisotopic (exact) mass is 451 g/mol. The number of benzene rings is 3. The fourth-order valence-corrected chi connectivity index (χ4v) is 5.00. The summed E-state index contributed by atoms with van der Waals surface area (Å²) in [5.41, 5.74) is 2.83. The molecule has 0 aliphatic heterocycles. The Morgan fingerprint density at radius 1 is 0.844 bits per heavy atom. The molecule has 32 heavy (non-hydrogen) atoms. The Kier molecular flexibility index (Phi) is 8.48. The molecule has 0 N–H and O–H groups in total. The first-order valence-corrected chi connectivity index (χ1v) is 12.7. The van der Waals surface area contributed by atoms with Gasteiger partial charge in [0, 0.05) is 13.1 Å². The van der Waals surface area contributed by atoms with Crippen molar-refractivity contribution in [2.24, 2.45) is 0 Å². The Labute approximate surface area is 192 Å². The highest BCUT2D eigenvalue weighted by Crippen LogP contribution is 2.31. The fourth-order valence-electron chi connectivity index (χ4n) is 3.55. The van der Waals surface area contributed by atoms with Crippen LogP contribution in [0.1, 0.15) is 56.2 Å². The molecule has 0 aromatic heterocycles. The molecule has 0 fully saturated rings. The van der Waals surface area contributed by atoms with Crippen LogP contribution in [0.25, 0.3) is 0 Å². The van der Waals surface area contributed by atoms with Crippen molar-refractivity contribution < 1.29 is 13.2 Å². The Balaban J connectivity index is 1.96. The zero-order chi connectivity index (χ0) is 23.0. The molecule has 0 radical (unpaired) electrons. The summed E-state index contributed by atoms with van der Waals surface area (Å²) in [5.74, 6) is 0.920. The van der Waals surface area contributed by atoms with E-state index in [2.05, 4.69) is 20.8 Å². The van der Waals surface area contributed by atoms with E-state index >= 15 is 0 Å². The van der Waals surface area contributed by atoms with Gasteiger partial charge in [0.25, 0.3) is 0 Å². The first kappa shape index (κ1) is 24.0. The zero-order valence-electron chi connectivity index (χ0n) is 19.2. The van der Waals surface area contributed by atoms with Gasteiger partial charge < -0.3 is 4.74 Å². The second kappa shape index (κ2) is 11.3. The molecular formula is C27H33NO3S. The topological polar surface area (TPSA) is 46.6 Å².